The van der Waals surface area contributed by atoms with Crippen LogP contribution in [0.15, 0.2) is 29.3 Å². The molecule has 2 N–H and O–H groups in total. The highest BCUT2D eigenvalue weighted by Crippen LogP contribution is 2.15. The number of likely N-dealkylation sites (tertiary alicyclic amines) is 1. The highest BCUT2D eigenvalue weighted by atomic mass is 16.5. The summed E-state index contributed by atoms with van der Waals surface area (Å²) < 4.78 is 11.3. The number of β-amino-alcohol motifs (C(OH)–C–C–N with tert-alkyl or cyclic N) is 1. The molecule has 2 fully saturated rings. The highest BCUT2D eigenvalue weighted by Gasteiger charge is 2.22. The molecule has 3 rings (SSSR count). The number of benzene rings is 1. The Labute approximate surface area is 162 Å². The highest BCUT2D eigenvalue weighted by molar-refractivity contribution is 5.80. The number of nitrogens with one attached hydrogen (secondary N) is 1. The third kappa shape index (κ3) is 6.37. The average molecular weight is 377 g/mol. The van der Waals surface area contributed by atoms with Crippen molar-refractivity contribution in [2.75, 3.05) is 59.1 Å². The zero-order valence-corrected chi connectivity index (χ0v) is 16.3. The Bertz CT molecular complexity index is 605. The molecule has 0 saturated carbocycles. The van der Waals surface area contributed by atoms with Crippen molar-refractivity contribution < 1.29 is 14.6 Å². The first-order valence-electron chi connectivity index (χ1n) is 9.98. The number of aliphatic hydroxyl groups is 1. The summed E-state index contributed by atoms with van der Waals surface area (Å²) in [5, 5.41) is 13.1. The molecular weight excluding hydrogens is 344 g/mol. The van der Waals surface area contributed by atoms with Crippen LogP contribution in [0.4, 0.5) is 0 Å². The third-order valence-corrected chi connectivity index (χ3v) is 4.89. The Balaban J connectivity index is 1.51. The van der Waals surface area contributed by atoms with Crippen LogP contribution in [-0.2, 0) is 11.3 Å². The van der Waals surface area contributed by atoms with Gasteiger partial charge in [-0.2, -0.15) is 0 Å². The van der Waals surface area contributed by atoms with E-state index < -0.39 is 0 Å². The summed E-state index contributed by atoms with van der Waals surface area (Å²) in [5.41, 5.74) is 1.12. The maximum atomic E-state index is 9.76. The van der Waals surface area contributed by atoms with Crippen molar-refractivity contribution in [1.82, 2.24) is 15.1 Å². The fraction of sp³-hybridized carbons (Fsp3) is 0.650. The van der Waals surface area contributed by atoms with Crippen molar-refractivity contribution >= 4 is 5.96 Å². The summed E-state index contributed by atoms with van der Waals surface area (Å²) in [4.78, 5) is 9.23. The van der Waals surface area contributed by atoms with Gasteiger partial charge in [0.25, 0.3) is 0 Å². The largest absolute Gasteiger partial charge is 0.492 e. The van der Waals surface area contributed by atoms with Gasteiger partial charge in [-0.05, 0) is 31.0 Å². The number of aliphatic hydroxyl groups excluding tert-OH is 1. The molecule has 7 nitrogen and oxygen atoms in total. The van der Waals surface area contributed by atoms with Gasteiger partial charge in [-0.15, -0.1) is 0 Å². The third-order valence-electron chi connectivity index (χ3n) is 4.89. The van der Waals surface area contributed by atoms with Gasteiger partial charge in [-0.25, -0.2) is 4.99 Å². The summed E-state index contributed by atoms with van der Waals surface area (Å²) >= 11 is 0. The van der Waals surface area contributed by atoms with Gasteiger partial charge in [0.1, 0.15) is 12.4 Å². The van der Waals surface area contributed by atoms with Crippen LogP contribution in [0.25, 0.3) is 0 Å². The Morgan fingerprint density at radius 1 is 1.33 bits per heavy atom. The van der Waals surface area contributed by atoms with E-state index in [2.05, 4.69) is 34.2 Å². The molecule has 150 valence electrons. The minimum absolute atomic E-state index is 0.253. The number of morpholine rings is 1. The van der Waals surface area contributed by atoms with Crippen LogP contribution in [0.5, 0.6) is 5.75 Å². The van der Waals surface area contributed by atoms with E-state index in [0.717, 1.165) is 69.6 Å². The first-order chi connectivity index (χ1) is 13.2. The molecule has 0 aromatic heterocycles. The molecule has 2 aliphatic rings. The van der Waals surface area contributed by atoms with Gasteiger partial charge in [0, 0.05) is 39.3 Å². The summed E-state index contributed by atoms with van der Waals surface area (Å²) in [6.45, 7) is 10.2. The predicted molar refractivity (Wildman–Crippen MR) is 106 cm³/mol. The number of hydrogen-bond acceptors (Lipinski definition) is 5. The van der Waals surface area contributed by atoms with E-state index >= 15 is 0 Å². The van der Waals surface area contributed by atoms with Gasteiger partial charge >= 0.3 is 0 Å². The Morgan fingerprint density at radius 3 is 2.93 bits per heavy atom. The molecular formula is C20H32N4O3. The second kappa shape index (κ2) is 10.5. The average Bonchev–Trinajstić information content (AvgIpc) is 3.12. The van der Waals surface area contributed by atoms with Crippen LogP contribution in [0, 0.1) is 0 Å². The number of aliphatic imine (C=N–C) groups is 1. The van der Waals surface area contributed by atoms with Crippen molar-refractivity contribution in [1.29, 1.82) is 0 Å². The van der Waals surface area contributed by atoms with Crippen molar-refractivity contribution in [2.45, 2.75) is 26.0 Å². The minimum Gasteiger partial charge on any atom is -0.492 e. The Kier molecular flexibility index (Phi) is 7.74. The van der Waals surface area contributed by atoms with Crippen LogP contribution in [0.3, 0.4) is 0 Å². The van der Waals surface area contributed by atoms with Gasteiger partial charge in [0.2, 0.25) is 0 Å². The number of rotatable bonds is 7. The van der Waals surface area contributed by atoms with Gasteiger partial charge in [-0.1, -0.05) is 12.1 Å². The summed E-state index contributed by atoms with van der Waals surface area (Å²) in [7, 11) is 0. The molecule has 27 heavy (non-hydrogen) atoms. The standard InChI is InChI=1S/C20H32N4O3/c1-2-21-20(24-7-6-18(25)16-24)22-15-17-4-3-5-19(14-17)27-13-10-23-8-11-26-12-9-23/h3-5,14,18,25H,2,6-13,15-16H2,1H3,(H,21,22)/t18-/m1/s1. The minimum atomic E-state index is -0.253. The zero-order chi connectivity index (χ0) is 18.9. The molecule has 0 radical (unpaired) electrons. The van der Waals surface area contributed by atoms with E-state index in [4.69, 9.17) is 14.5 Å². The van der Waals surface area contributed by atoms with Crippen LogP contribution >= 0.6 is 0 Å². The molecule has 0 bridgehead atoms. The van der Waals surface area contributed by atoms with E-state index in [-0.39, 0.29) is 6.10 Å². The molecule has 2 aliphatic heterocycles. The predicted octanol–water partition coefficient (Wildman–Crippen LogP) is 0.930. The fourth-order valence-corrected chi connectivity index (χ4v) is 3.38. The number of guanidine groups is 1. The maximum Gasteiger partial charge on any atom is 0.194 e. The quantitative estimate of drug-likeness (QED) is 0.545. The lowest BCUT2D eigenvalue weighted by molar-refractivity contribution is 0.0322. The molecule has 7 heteroatoms. The Morgan fingerprint density at radius 2 is 2.19 bits per heavy atom. The van der Waals surface area contributed by atoms with Crippen LogP contribution < -0.4 is 10.1 Å². The lowest BCUT2D eigenvalue weighted by Gasteiger charge is -2.26. The van der Waals surface area contributed by atoms with Crippen LogP contribution in [0.1, 0.15) is 18.9 Å². The smallest absolute Gasteiger partial charge is 0.194 e. The van der Waals surface area contributed by atoms with E-state index in [0.29, 0.717) is 19.7 Å². The molecule has 0 spiro atoms. The molecule has 1 atom stereocenters. The van der Waals surface area contributed by atoms with Gasteiger partial charge in [0.15, 0.2) is 5.96 Å². The van der Waals surface area contributed by atoms with E-state index in [1.807, 2.05) is 12.1 Å². The Hall–Kier alpha value is -1.83. The second-order valence-corrected chi connectivity index (χ2v) is 7.01. The molecule has 2 heterocycles. The van der Waals surface area contributed by atoms with Crippen molar-refractivity contribution in [2.24, 2.45) is 4.99 Å². The molecule has 1 aromatic rings. The van der Waals surface area contributed by atoms with Crippen molar-refractivity contribution in [3.63, 3.8) is 0 Å². The van der Waals surface area contributed by atoms with Crippen LogP contribution in [-0.4, -0.2) is 86.1 Å². The van der Waals surface area contributed by atoms with Gasteiger partial charge in [0.05, 0.1) is 25.9 Å². The zero-order valence-electron chi connectivity index (χ0n) is 16.3. The summed E-state index contributed by atoms with van der Waals surface area (Å²) in [6, 6.07) is 8.14. The van der Waals surface area contributed by atoms with Crippen molar-refractivity contribution in [3.05, 3.63) is 29.8 Å². The number of hydrogen-bond donors (Lipinski definition) is 2. The lowest BCUT2D eigenvalue weighted by Crippen LogP contribution is -2.40. The van der Waals surface area contributed by atoms with Crippen LogP contribution in [0.2, 0.25) is 0 Å². The SMILES string of the molecule is CCNC(=NCc1cccc(OCCN2CCOCC2)c1)N1CC[C@@H](O)C1. The van der Waals surface area contributed by atoms with E-state index in [9.17, 15) is 5.11 Å². The molecule has 0 unspecified atom stereocenters. The lowest BCUT2D eigenvalue weighted by atomic mass is 10.2. The van der Waals surface area contributed by atoms with E-state index in [1.165, 1.54) is 0 Å². The van der Waals surface area contributed by atoms with Gasteiger partial charge in [-0.3, -0.25) is 4.90 Å². The summed E-state index contributed by atoms with van der Waals surface area (Å²) in [6.07, 6.45) is 0.550. The van der Waals surface area contributed by atoms with Crippen molar-refractivity contribution in [3.8, 4) is 5.75 Å². The first-order valence-corrected chi connectivity index (χ1v) is 9.98. The fourth-order valence-electron chi connectivity index (χ4n) is 3.38. The summed E-state index contributed by atoms with van der Waals surface area (Å²) in [5.74, 6) is 1.75. The number of nitrogens with zero attached hydrogens (tertiary/aromatic N) is 3. The molecule has 2 saturated heterocycles. The second-order valence-electron chi connectivity index (χ2n) is 7.01. The normalized spacial score (nSPS) is 21.5. The first kappa shape index (κ1) is 19.9. The molecule has 1 aromatic carbocycles. The number of ether oxygens (including phenoxy) is 2. The van der Waals surface area contributed by atoms with E-state index in [1.54, 1.807) is 0 Å². The van der Waals surface area contributed by atoms with Gasteiger partial charge < -0.3 is 24.8 Å². The monoisotopic (exact) mass is 376 g/mol. The molecule has 0 aliphatic carbocycles. The molecule has 0 amide bonds. The maximum absolute atomic E-state index is 9.76. The topological polar surface area (TPSA) is 69.6 Å².